The lowest BCUT2D eigenvalue weighted by atomic mass is 10.2. The van der Waals surface area contributed by atoms with E-state index in [-0.39, 0.29) is 6.03 Å². The van der Waals surface area contributed by atoms with Gasteiger partial charge in [0.2, 0.25) is 0 Å². The normalized spacial score (nSPS) is 21.9. The number of aliphatic hydroxyl groups is 1. The number of carbonyl (C=O) groups excluding carboxylic acids is 1. The van der Waals surface area contributed by atoms with E-state index < -0.39 is 6.10 Å². The molecule has 0 saturated carbocycles. The van der Waals surface area contributed by atoms with Gasteiger partial charge in [-0.15, -0.1) is 0 Å². The van der Waals surface area contributed by atoms with Crippen LogP contribution in [0.5, 0.6) is 0 Å². The Balaban J connectivity index is 1.66. The molecule has 0 aliphatic carbocycles. The van der Waals surface area contributed by atoms with Crippen molar-refractivity contribution in [3.05, 3.63) is 23.2 Å². The van der Waals surface area contributed by atoms with Crippen LogP contribution < -0.4 is 10.2 Å². The van der Waals surface area contributed by atoms with Crippen LogP contribution in [0, 0.1) is 0 Å². The zero-order valence-corrected chi connectivity index (χ0v) is 12.6. The molecule has 21 heavy (non-hydrogen) atoms. The van der Waals surface area contributed by atoms with Gasteiger partial charge in [-0.3, -0.25) is 0 Å². The van der Waals surface area contributed by atoms with Crippen LogP contribution in [0.2, 0.25) is 5.02 Å². The summed E-state index contributed by atoms with van der Waals surface area (Å²) < 4.78 is 0. The average molecular weight is 310 g/mol. The smallest absolute Gasteiger partial charge is 0.321 e. The molecule has 2 saturated heterocycles. The molecule has 3 rings (SSSR count). The van der Waals surface area contributed by atoms with Crippen LogP contribution in [-0.2, 0) is 0 Å². The Morgan fingerprint density at radius 3 is 2.67 bits per heavy atom. The van der Waals surface area contributed by atoms with Gasteiger partial charge in [-0.1, -0.05) is 11.6 Å². The maximum atomic E-state index is 12.1. The van der Waals surface area contributed by atoms with Gasteiger partial charge in [-0.25, -0.2) is 4.79 Å². The van der Waals surface area contributed by atoms with Gasteiger partial charge < -0.3 is 20.2 Å². The second kappa shape index (κ2) is 6.12. The van der Waals surface area contributed by atoms with Crippen molar-refractivity contribution in [2.45, 2.75) is 25.4 Å². The highest BCUT2D eigenvalue weighted by atomic mass is 35.5. The number of nitrogens with one attached hydrogen (secondary N) is 1. The first kappa shape index (κ1) is 14.5. The van der Waals surface area contributed by atoms with Gasteiger partial charge in [-0.05, 0) is 37.5 Å². The molecule has 2 heterocycles. The molecule has 0 spiro atoms. The fourth-order valence-corrected chi connectivity index (χ4v) is 3.23. The number of aliphatic hydroxyl groups excluding tert-OH is 1. The third-order valence-electron chi connectivity index (χ3n) is 4.10. The van der Waals surface area contributed by atoms with Gasteiger partial charge in [0.05, 0.1) is 16.8 Å². The number of benzene rings is 1. The van der Waals surface area contributed by atoms with Gasteiger partial charge in [-0.2, -0.15) is 0 Å². The minimum Gasteiger partial charge on any atom is -0.391 e. The second-order valence-electron chi connectivity index (χ2n) is 5.68. The standard InChI is InChI=1S/C15H20ClN3O2/c16-13-9-11(3-4-14(13)18-6-1-2-7-18)17-15(21)19-8-5-12(20)10-19/h3-4,9,12,20H,1-2,5-8,10H2,(H,17,21)/t12-/m1/s1. The number of likely N-dealkylation sites (tertiary alicyclic amines) is 1. The Morgan fingerprint density at radius 1 is 1.29 bits per heavy atom. The van der Waals surface area contributed by atoms with Crippen molar-refractivity contribution in [2.24, 2.45) is 0 Å². The molecule has 2 amide bonds. The van der Waals surface area contributed by atoms with Crippen molar-refractivity contribution in [3.8, 4) is 0 Å². The third kappa shape index (κ3) is 3.24. The molecule has 2 fully saturated rings. The molecule has 1 atom stereocenters. The lowest BCUT2D eigenvalue weighted by molar-refractivity contribution is 0.176. The highest BCUT2D eigenvalue weighted by Crippen LogP contribution is 2.31. The summed E-state index contributed by atoms with van der Waals surface area (Å²) in [4.78, 5) is 15.9. The molecule has 5 nitrogen and oxygen atoms in total. The van der Waals surface area contributed by atoms with E-state index in [4.69, 9.17) is 11.6 Å². The molecule has 0 radical (unpaired) electrons. The van der Waals surface area contributed by atoms with Crippen molar-refractivity contribution < 1.29 is 9.90 Å². The predicted molar refractivity (Wildman–Crippen MR) is 84.1 cm³/mol. The molecule has 114 valence electrons. The maximum absolute atomic E-state index is 12.1. The van der Waals surface area contributed by atoms with Crippen molar-refractivity contribution in [3.63, 3.8) is 0 Å². The fraction of sp³-hybridized carbons (Fsp3) is 0.533. The summed E-state index contributed by atoms with van der Waals surface area (Å²) in [7, 11) is 0. The van der Waals surface area contributed by atoms with Crippen LogP contribution in [0.3, 0.4) is 0 Å². The van der Waals surface area contributed by atoms with Gasteiger partial charge in [0.1, 0.15) is 0 Å². The molecular weight excluding hydrogens is 290 g/mol. The highest BCUT2D eigenvalue weighted by molar-refractivity contribution is 6.33. The summed E-state index contributed by atoms with van der Waals surface area (Å²) in [5.41, 5.74) is 1.72. The first-order valence-electron chi connectivity index (χ1n) is 7.42. The topological polar surface area (TPSA) is 55.8 Å². The average Bonchev–Trinajstić information content (AvgIpc) is 3.10. The Bertz CT molecular complexity index is 532. The third-order valence-corrected chi connectivity index (χ3v) is 4.40. The summed E-state index contributed by atoms with van der Waals surface area (Å²) in [6.07, 6.45) is 2.64. The van der Waals surface area contributed by atoms with Crippen molar-refractivity contribution in [1.82, 2.24) is 4.90 Å². The number of hydrogen-bond acceptors (Lipinski definition) is 3. The van der Waals surface area contributed by atoms with Crippen LogP contribution >= 0.6 is 11.6 Å². The van der Waals surface area contributed by atoms with Gasteiger partial charge in [0.25, 0.3) is 0 Å². The van der Waals surface area contributed by atoms with Crippen molar-refractivity contribution >= 4 is 29.0 Å². The van der Waals surface area contributed by atoms with E-state index in [0.29, 0.717) is 30.2 Å². The Kier molecular flexibility index (Phi) is 4.22. The lowest BCUT2D eigenvalue weighted by Crippen LogP contribution is -2.33. The molecule has 0 unspecified atom stereocenters. The van der Waals surface area contributed by atoms with Crippen molar-refractivity contribution in [1.29, 1.82) is 0 Å². The summed E-state index contributed by atoms with van der Waals surface area (Å²) in [6, 6.07) is 5.45. The van der Waals surface area contributed by atoms with Crippen LogP contribution in [0.25, 0.3) is 0 Å². The van der Waals surface area contributed by atoms with E-state index in [9.17, 15) is 9.90 Å². The summed E-state index contributed by atoms with van der Waals surface area (Å²) in [5, 5.41) is 13.0. The van der Waals surface area contributed by atoms with E-state index in [1.807, 2.05) is 12.1 Å². The highest BCUT2D eigenvalue weighted by Gasteiger charge is 2.24. The maximum Gasteiger partial charge on any atom is 0.321 e. The van der Waals surface area contributed by atoms with Gasteiger partial charge >= 0.3 is 6.03 Å². The fourth-order valence-electron chi connectivity index (χ4n) is 2.93. The molecule has 0 bridgehead atoms. The number of β-amino-alcohol motifs (C(OH)–C–C–N with tert-alkyl or cyclic N) is 1. The summed E-state index contributed by atoms with van der Waals surface area (Å²) in [6.45, 7) is 3.06. The second-order valence-corrected chi connectivity index (χ2v) is 6.09. The van der Waals surface area contributed by atoms with E-state index in [1.165, 1.54) is 12.8 Å². The molecule has 2 aliphatic heterocycles. The molecule has 2 aliphatic rings. The SMILES string of the molecule is O=C(Nc1ccc(N2CCCC2)c(Cl)c1)N1CC[C@@H](O)C1. The van der Waals surface area contributed by atoms with Crippen LogP contribution in [0.1, 0.15) is 19.3 Å². The van der Waals surface area contributed by atoms with Crippen LogP contribution in [-0.4, -0.2) is 48.3 Å². The summed E-state index contributed by atoms with van der Waals surface area (Å²) >= 11 is 6.33. The van der Waals surface area contributed by atoms with E-state index in [2.05, 4.69) is 10.2 Å². The van der Waals surface area contributed by atoms with E-state index in [1.54, 1.807) is 11.0 Å². The molecular formula is C15H20ClN3O2. The Labute approximate surface area is 129 Å². The Morgan fingerprint density at radius 2 is 2.05 bits per heavy atom. The minimum atomic E-state index is -0.406. The first-order chi connectivity index (χ1) is 10.1. The van der Waals surface area contributed by atoms with E-state index >= 15 is 0 Å². The predicted octanol–water partition coefficient (Wildman–Crippen LogP) is 2.54. The van der Waals surface area contributed by atoms with Gasteiger partial charge in [0.15, 0.2) is 0 Å². The number of halogens is 1. The summed E-state index contributed by atoms with van der Waals surface area (Å²) in [5.74, 6) is 0. The lowest BCUT2D eigenvalue weighted by Gasteiger charge is -2.20. The van der Waals surface area contributed by atoms with Crippen molar-refractivity contribution in [2.75, 3.05) is 36.4 Å². The number of rotatable bonds is 2. The quantitative estimate of drug-likeness (QED) is 0.882. The molecule has 6 heteroatoms. The number of carbonyl (C=O) groups is 1. The molecule has 1 aromatic carbocycles. The zero-order valence-electron chi connectivity index (χ0n) is 11.9. The molecule has 2 N–H and O–H groups in total. The van der Waals surface area contributed by atoms with Crippen LogP contribution in [0.15, 0.2) is 18.2 Å². The number of hydrogen-bond donors (Lipinski definition) is 2. The number of urea groups is 1. The number of amides is 2. The van der Waals surface area contributed by atoms with Crippen LogP contribution in [0.4, 0.5) is 16.2 Å². The first-order valence-corrected chi connectivity index (χ1v) is 7.80. The van der Waals surface area contributed by atoms with Gasteiger partial charge in [0, 0.05) is 31.9 Å². The monoisotopic (exact) mass is 309 g/mol. The zero-order chi connectivity index (χ0) is 14.8. The number of anilines is 2. The Hall–Kier alpha value is -1.46. The molecule has 0 aromatic heterocycles. The number of nitrogens with zero attached hydrogens (tertiary/aromatic N) is 2. The van der Waals surface area contributed by atoms with E-state index in [0.717, 1.165) is 18.8 Å². The molecule has 1 aromatic rings. The largest absolute Gasteiger partial charge is 0.391 e. The minimum absolute atomic E-state index is 0.184.